The van der Waals surface area contributed by atoms with E-state index in [2.05, 4.69) is 0 Å². The molecule has 0 aliphatic carbocycles. The molecule has 0 radical (unpaired) electrons. The van der Waals surface area contributed by atoms with Crippen LogP contribution >= 0.6 is 0 Å². The summed E-state index contributed by atoms with van der Waals surface area (Å²) in [5, 5.41) is 37.1. The van der Waals surface area contributed by atoms with E-state index in [1.165, 1.54) is 0 Å². The summed E-state index contributed by atoms with van der Waals surface area (Å²) in [6.07, 6.45) is 0. The molecule has 0 aromatic carbocycles. The Kier molecular flexibility index (Phi) is 72.6. The Morgan fingerprint density at radius 1 is 0.455 bits per heavy atom. The van der Waals surface area contributed by atoms with Gasteiger partial charge in [-0.15, -0.1) is 0 Å². The Morgan fingerprint density at radius 3 is 0.455 bits per heavy atom. The van der Waals surface area contributed by atoms with Crippen molar-refractivity contribution in [2.75, 3.05) is 0 Å². The van der Waals surface area contributed by atoms with Crippen molar-refractivity contribution in [1.82, 2.24) is 0 Å². The first kappa shape index (κ1) is 43.0. The maximum atomic E-state index is 9.00. The van der Waals surface area contributed by atoms with Gasteiger partial charge in [0.25, 0.3) is 29.8 Å². The number of hydrogen-bond donors (Lipinski definition) is 5. The average Bonchev–Trinajstić information content (AvgIpc) is 1.94. The number of carboxylic acid groups (broad SMARTS) is 5. The van der Waals surface area contributed by atoms with Gasteiger partial charge >= 0.3 is 67.3 Å². The third-order valence-electron chi connectivity index (χ3n) is 0. The monoisotopic (exact) mass is 366 g/mol. The van der Waals surface area contributed by atoms with Crippen LogP contribution in [0.25, 0.3) is 0 Å². The van der Waals surface area contributed by atoms with Crippen LogP contribution in [0.15, 0.2) is 0 Å². The van der Waals surface area contributed by atoms with Gasteiger partial charge in [-0.25, -0.2) is 0 Å². The van der Waals surface area contributed by atoms with Crippen molar-refractivity contribution < 1.29 is 49.5 Å². The van der Waals surface area contributed by atoms with E-state index in [-0.39, 0.29) is 67.3 Å². The second-order valence-corrected chi connectivity index (χ2v) is 2.60. The first-order chi connectivity index (χ1) is 8.66. The third kappa shape index (κ3) is 44600. The van der Waals surface area contributed by atoms with Crippen LogP contribution in [-0.2, 0) is 24.0 Å². The van der Waals surface area contributed by atoms with Gasteiger partial charge in [-0.05, 0) is 0 Å². The fourth-order valence-electron chi connectivity index (χ4n) is 0. The molecule has 0 aromatic rings. The van der Waals surface area contributed by atoms with Gasteiger partial charge in [-0.1, -0.05) is 0 Å². The van der Waals surface area contributed by atoms with E-state index in [4.69, 9.17) is 49.5 Å². The van der Waals surface area contributed by atoms with Gasteiger partial charge in [0, 0.05) is 34.6 Å². The maximum absolute atomic E-state index is 9.00. The predicted octanol–water partition coefficient (Wildman–Crippen LogP) is -1.11. The van der Waals surface area contributed by atoms with E-state index < -0.39 is 29.8 Å². The van der Waals surface area contributed by atoms with Gasteiger partial charge in [-0.2, -0.15) is 0 Å². The van der Waals surface area contributed by atoms with Gasteiger partial charge in [0.2, 0.25) is 0 Å². The second kappa shape index (κ2) is 37.1. The third-order valence-corrected chi connectivity index (χ3v) is 0. The van der Waals surface area contributed by atoms with Crippen LogP contribution in [0.2, 0.25) is 0 Å². The molecule has 0 aromatic heterocycles. The molecule has 0 heterocycles. The SMILES string of the molecule is CC(=O)O.CC(=O)O.CC(=O)O.CC(=O)O.CC(=O)O.[CaH2].[NaH]. The van der Waals surface area contributed by atoms with E-state index in [1.807, 2.05) is 0 Å². The molecular weight excluding hydrogens is 343 g/mol. The number of aliphatic carboxylic acids is 5. The second-order valence-electron chi connectivity index (χ2n) is 2.60. The van der Waals surface area contributed by atoms with Gasteiger partial charge in [0.1, 0.15) is 0 Å². The van der Waals surface area contributed by atoms with Crippen LogP contribution in [0.3, 0.4) is 0 Å². The number of carboxylic acids is 5. The Balaban J connectivity index is -0.0000000250. The van der Waals surface area contributed by atoms with Crippen molar-refractivity contribution in [3.05, 3.63) is 0 Å². The minimum absolute atomic E-state index is 0. The van der Waals surface area contributed by atoms with Gasteiger partial charge in [-0.3, -0.25) is 24.0 Å². The summed E-state index contributed by atoms with van der Waals surface area (Å²) in [6.45, 7) is 5.42. The first-order valence-corrected chi connectivity index (χ1v) is 4.64. The summed E-state index contributed by atoms with van der Waals surface area (Å²) in [7, 11) is 0. The average molecular weight is 366 g/mol. The van der Waals surface area contributed by atoms with Crippen molar-refractivity contribution in [3.8, 4) is 0 Å². The number of hydrogen-bond acceptors (Lipinski definition) is 5. The quantitative estimate of drug-likeness (QED) is 0.329. The Bertz CT molecular complexity index is 216. The molecule has 0 saturated carbocycles. The molecule has 22 heavy (non-hydrogen) atoms. The predicted molar refractivity (Wildman–Crippen MR) is 82.2 cm³/mol. The summed E-state index contributed by atoms with van der Waals surface area (Å²) in [5.74, 6) is -4.17. The summed E-state index contributed by atoms with van der Waals surface area (Å²) in [5.41, 5.74) is 0. The van der Waals surface area contributed by atoms with Crippen molar-refractivity contribution in [2.45, 2.75) is 34.6 Å². The standard InChI is InChI=1S/5C2H4O2.Ca.Na.3H/c5*1-2(3)4;;;;;/h5*1H3,(H,3,4);;;;;. The Morgan fingerprint density at radius 2 is 0.455 bits per heavy atom. The topological polar surface area (TPSA) is 186 Å². The zero-order valence-electron chi connectivity index (χ0n) is 11.8. The van der Waals surface area contributed by atoms with E-state index in [0.717, 1.165) is 34.6 Å². The van der Waals surface area contributed by atoms with Gasteiger partial charge < -0.3 is 25.5 Å². The molecule has 0 bridgehead atoms. The van der Waals surface area contributed by atoms with Crippen molar-refractivity contribution in [3.63, 3.8) is 0 Å². The molecule has 0 fully saturated rings. The number of rotatable bonds is 0. The zero-order valence-corrected chi connectivity index (χ0v) is 11.8. The minimum atomic E-state index is -0.833. The van der Waals surface area contributed by atoms with E-state index in [0.29, 0.717) is 0 Å². The van der Waals surface area contributed by atoms with Crippen LogP contribution in [0.1, 0.15) is 34.6 Å². The summed E-state index contributed by atoms with van der Waals surface area (Å²) < 4.78 is 0. The van der Waals surface area contributed by atoms with Crippen molar-refractivity contribution in [2.24, 2.45) is 0 Å². The fraction of sp³-hybridized carbons (Fsp3) is 0.500. The Hall–Kier alpha value is -0.390. The van der Waals surface area contributed by atoms with Crippen LogP contribution in [-0.4, -0.2) is 123 Å². The fourth-order valence-corrected chi connectivity index (χ4v) is 0. The molecule has 0 atom stereocenters. The van der Waals surface area contributed by atoms with Gasteiger partial charge in [0.15, 0.2) is 0 Å². The van der Waals surface area contributed by atoms with Crippen molar-refractivity contribution >= 4 is 97.1 Å². The molecule has 12 heteroatoms. The summed E-state index contributed by atoms with van der Waals surface area (Å²) in [4.78, 5) is 45.0. The molecular formula is C10H23CaNaO10. The normalized spacial score (nSPS) is 5.68. The molecule has 5 N–H and O–H groups in total. The molecule has 0 amide bonds. The molecule has 0 aliphatic heterocycles. The van der Waals surface area contributed by atoms with Crippen LogP contribution in [0, 0.1) is 0 Å². The first-order valence-electron chi connectivity index (χ1n) is 4.64. The van der Waals surface area contributed by atoms with Gasteiger partial charge in [0.05, 0.1) is 0 Å². The molecule has 0 unspecified atom stereocenters. The summed E-state index contributed by atoms with van der Waals surface area (Å²) >= 11 is 0. The molecule has 0 aliphatic rings. The Labute approximate surface area is 179 Å². The van der Waals surface area contributed by atoms with Crippen LogP contribution in [0.4, 0.5) is 0 Å². The molecule has 0 saturated heterocycles. The van der Waals surface area contributed by atoms with E-state index in [1.54, 1.807) is 0 Å². The zero-order chi connectivity index (χ0) is 17.9. The van der Waals surface area contributed by atoms with Crippen LogP contribution < -0.4 is 0 Å². The molecule has 126 valence electrons. The van der Waals surface area contributed by atoms with E-state index in [9.17, 15) is 0 Å². The number of carbonyl (C=O) groups is 5. The summed E-state index contributed by atoms with van der Waals surface area (Å²) in [6, 6.07) is 0. The van der Waals surface area contributed by atoms with Crippen LogP contribution in [0.5, 0.6) is 0 Å². The molecule has 0 spiro atoms. The van der Waals surface area contributed by atoms with E-state index >= 15 is 0 Å². The molecule has 0 rings (SSSR count). The van der Waals surface area contributed by atoms with Crippen molar-refractivity contribution in [1.29, 1.82) is 0 Å². The molecule has 10 nitrogen and oxygen atoms in total.